The van der Waals surface area contributed by atoms with E-state index in [0.29, 0.717) is 6.42 Å². The van der Waals surface area contributed by atoms with E-state index in [0.717, 1.165) is 42.3 Å². The van der Waals surface area contributed by atoms with Gasteiger partial charge < -0.3 is 0 Å². The maximum Gasteiger partial charge on any atom is 0.155 e. The second-order valence-corrected chi connectivity index (χ2v) is 7.13. The molecule has 3 aromatic rings. The lowest BCUT2D eigenvalue weighted by Crippen LogP contribution is -2.33. The maximum absolute atomic E-state index is 9.33. The summed E-state index contributed by atoms with van der Waals surface area (Å²) in [5, 5.41) is 17.5. The summed E-state index contributed by atoms with van der Waals surface area (Å²) in [6, 6.07) is 11.4. The maximum atomic E-state index is 9.33. The normalized spacial score (nSPS) is 15.7. The fraction of sp³-hybridized carbons (Fsp3) is 0.381. The van der Waals surface area contributed by atoms with Gasteiger partial charge >= 0.3 is 0 Å². The summed E-state index contributed by atoms with van der Waals surface area (Å²) >= 11 is 0. The number of benzene rings is 1. The Hall–Kier alpha value is -2.67. The van der Waals surface area contributed by atoms with Crippen molar-refractivity contribution in [2.45, 2.75) is 50.9 Å². The second-order valence-electron chi connectivity index (χ2n) is 7.13. The van der Waals surface area contributed by atoms with Crippen molar-refractivity contribution in [1.29, 1.82) is 5.26 Å². The molecule has 0 saturated heterocycles. The minimum Gasteiger partial charge on any atom is -0.261 e. The predicted octanol–water partition coefficient (Wildman–Crippen LogP) is 4.91. The molecule has 4 heteroatoms. The highest BCUT2D eigenvalue weighted by atomic mass is 15.1. The molecule has 4 rings (SSSR count). The molecule has 0 unspecified atom stereocenters. The minimum atomic E-state index is 0.0514. The smallest absolute Gasteiger partial charge is 0.155 e. The Labute approximate surface area is 147 Å². The topological polar surface area (TPSA) is 65.4 Å². The van der Waals surface area contributed by atoms with E-state index in [1.54, 1.807) is 0 Å². The van der Waals surface area contributed by atoms with Crippen LogP contribution in [0.25, 0.3) is 22.2 Å². The molecule has 0 spiro atoms. The predicted molar refractivity (Wildman–Crippen MR) is 99.1 cm³/mol. The van der Waals surface area contributed by atoms with Crippen molar-refractivity contribution in [1.82, 2.24) is 15.2 Å². The molecule has 1 saturated carbocycles. The molecule has 4 nitrogen and oxygen atoms in total. The van der Waals surface area contributed by atoms with Crippen molar-refractivity contribution in [3.05, 3.63) is 47.8 Å². The van der Waals surface area contributed by atoms with Gasteiger partial charge in [-0.2, -0.15) is 10.4 Å². The molecule has 0 radical (unpaired) electrons. The summed E-state index contributed by atoms with van der Waals surface area (Å²) in [5.41, 5.74) is 5.91. The number of rotatable bonds is 5. The van der Waals surface area contributed by atoms with E-state index >= 15 is 0 Å². The molecule has 0 atom stereocenters. The minimum absolute atomic E-state index is 0.0514. The summed E-state index contributed by atoms with van der Waals surface area (Å²) in [6.07, 6.45) is 9.92. The molecule has 0 amide bonds. The zero-order valence-electron chi connectivity index (χ0n) is 14.5. The van der Waals surface area contributed by atoms with Crippen LogP contribution in [0.15, 0.2) is 36.7 Å². The third kappa shape index (κ3) is 2.70. The quantitative estimate of drug-likeness (QED) is 0.722. The van der Waals surface area contributed by atoms with Crippen LogP contribution in [0.1, 0.15) is 50.2 Å². The van der Waals surface area contributed by atoms with Gasteiger partial charge in [0.15, 0.2) is 5.65 Å². The number of aromatic amines is 1. The van der Waals surface area contributed by atoms with Crippen LogP contribution >= 0.6 is 0 Å². The summed E-state index contributed by atoms with van der Waals surface area (Å²) in [4.78, 5) is 4.35. The Bertz CT molecular complexity index is 944. The Morgan fingerprint density at radius 2 is 2.16 bits per heavy atom. The first-order chi connectivity index (χ1) is 12.3. The van der Waals surface area contributed by atoms with Crippen LogP contribution in [0, 0.1) is 11.3 Å². The van der Waals surface area contributed by atoms with Crippen LogP contribution in [-0.2, 0) is 11.8 Å². The van der Waals surface area contributed by atoms with Gasteiger partial charge in [0.2, 0.25) is 0 Å². The van der Waals surface area contributed by atoms with Crippen LogP contribution < -0.4 is 0 Å². The third-order valence-corrected chi connectivity index (χ3v) is 5.54. The number of fused-ring (bicyclic) bond motifs is 1. The number of hydrogen-bond acceptors (Lipinski definition) is 3. The number of pyridine rings is 1. The second kappa shape index (κ2) is 6.33. The lowest BCUT2D eigenvalue weighted by molar-refractivity contribution is 0.249. The standard InChI is InChI=1S/C21H22N4/c1-2-4-15-11-16(18-5-10-23-20-19(18)14-24-25-20)13-17(12-15)21(8-9-22)6-3-7-21/h5,10-14H,2-4,6-8H2,1H3,(H,23,24,25). The van der Waals surface area contributed by atoms with Crippen LogP contribution in [0.4, 0.5) is 0 Å². The van der Waals surface area contributed by atoms with E-state index in [1.165, 1.54) is 23.1 Å². The number of nitriles is 1. The molecular weight excluding hydrogens is 308 g/mol. The van der Waals surface area contributed by atoms with E-state index in [4.69, 9.17) is 0 Å². The number of nitrogens with one attached hydrogen (secondary N) is 1. The molecule has 25 heavy (non-hydrogen) atoms. The Balaban J connectivity index is 1.88. The van der Waals surface area contributed by atoms with Gasteiger partial charge in [-0.3, -0.25) is 5.10 Å². The van der Waals surface area contributed by atoms with Gasteiger partial charge in [0.05, 0.1) is 12.3 Å². The first-order valence-electron chi connectivity index (χ1n) is 9.05. The number of aryl methyl sites for hydroxylation is 1. The lowest BCUT2D eigenvalue weighted by atomic mass is 9.62. The van der Waals surface area contributed by atoms with Crippen molar-refractivity contribution in [3.8, 4) is 17.2 Å². The molecule has 2 heterocycles. The number of H-pyrrole nitrogens is 1. The zero-order chi connectivity index (χ0) is 17.3. The molecule has 1 aromatic carbocycles. The van der Waals surface area contributed by atoms with Gasteiger partial charge in [-0.1, -0.05) is 38.0 Å². The summed E-state index contributed by atoms with van der Waals surface area (Å²) in [6.45, 7) is 2.21. The van der Waals surface area contributed by atoms with Gasteiger partial charge in [-0.25, -0.2) is 4.98 Å². The Morgan fingerprint density at radius 1 is 1.28 bits per heavy atom. The average Bonchev–Trinajstić information content (AvgIpc) is 3.06. The van der Waals surface area contributed by atoms with E-state index in [1.807, 2.05) is 12.4 Å². The third-order valence-electron chi connectivity index (χ3n) is 5.54. The van der Waals surface area contributed by atoms with Crippen LogP contribution in [-0.4, -0.2) is 15.2 Å². The highest BCUT2D eigenvalue weighted by Crippen LogP contribution is 2.47. The van der Waals surface area contributed by atoms with Gasteiger partial charge in [0, 0.05) is 23.4 Å². The van der Waals surface area contributed by atoms with Gasteiger partial charge in [0.25, 0.3) is 0 Å². The lowest BCUT2D eigenvalue weighted by Gasteiger charge is -2.41. The van der Waals surface area contributed by atoms with Crippen molar-refractivity contribution in [2.24, 2.45) is 0 Å². The van der Waals surface area contributed by atoms with Crippen molar-refractivity contribution in [2.75, 3.05) is 0 Å². The van der Waals surface area contributed by atoms with E-state index in [2.05, 4.69) is 52.4 Å². The van der Waals surface area contributed by atoms with Crippen LogP contribution in [0.3, 0.4) is 0 Å². The SMILES string of the molecule is CCCc1cc(-c2ccnc3[nH]ncc23)cc(C2(CC#N)CCC2)c1. The van der Waals surface area contributed by atoms with Crippen molar-refractivity contribution in [3.63, 3.8) is 0 Å². The van der Waals surface area contributed by atoms with Crippen molar-refractivity contribution < 1.29 is 0 Å². The van der Waals surface area contributed by atoms with E-state index in [-0.39, 0.29) is 5.41 Å². The largest absolute Gasteiger partial charge is 0.261 e. The zero-order valence-corrected chi connectivity index (χ0v) is 14.5. The summed E-state index contributed by atoms with van der Waals surface area (Å²) < 4.78 is 0. The van der Waals surface area contributed by atoms with Gasteiger partial charge in [-0.15, -0.1) is 0 Å². The Morgan fingerprint density at radius 3 is 2.88 bits per heavy atom. The number of aromatic nitrogens is 3. The molecule has 1 N–H and O–H groups in total. The Kier molecular flexibility index (Phi) is 4.01. The molecule has 0 aliphatic heterocycles. The average molecular weight is 330 g/mol. The molecule has 1 aliphatic rings. The van der Waals surface area contributed by atoms with Crippen molar-refractivity contribution >= 4 is 11.0 Å². The highest BCUT2D eigenvalue weighted by molar-refractivity contribution is 5.92. The molecular formula is C21H22N4. The van der Waals surface area contributed by atoms with E-state index < -0.39 is 0 Å². The molecule has 1 fully saturated rings. The monoisotopic (exact) mass is 330 g/mol. The highest BCUT2D eigenvalue weighted by Gasteiger charge is 2.38. The summed E-state index contributed by atoms with van der Waals surface area (Å²) in [5.74, 6) is 0. The van der Waals surface area contributed by atoms with Gasteiger partial charge in [0.1, 0.15) is 0 Å². The first-order valence-corrected chi connectivity index (χ1v) is 9.05. The number of nitrogens with zero attached hydrogens (tertiary/aromatic N) is 3. The molecule has 126 valence electrons. The van der Waals surface area contributed by atoms with Crippen LogP contribution in [0.2, 0.25) is 0 Å². The van der Waals surface area contributed by atoms with Crippen LogP contribution in [0.5, 0.6) is 0 Å². The molecule has 2 aromatic heterocycles. The first kappa shape index (κ1) is 15.8. The summed E-state index contributed by atoms with van der Waals surface area (Å²) in [7, 11) is 0. The van der Waals surface area contributed by atoms with E-state index in [9.17, 15) is 5.26 Å². The molecule has 1 aliphatic carbocycles. The number of hydrogen-bond donors (Lipinski definition) is 1. The molecule has 0 bridgehead atoms. The van der Waals surface area contributed by atoms with Gasteiger partial charge in [-0.05, 0) is 47.6 Å². The fourth-order valence-corrected chi connectivity index (χ4v) is 4.01. The fourth-order valence-electron chi connectivity index (χ4n) is 4.01.